The van der Waals surface area contributed by atoms with Crippen molar-refractivity contribution in [2.24, 2.45) is 17.6 Å². The Bertz CT molecular complexity index is 284. The van der Waals surface area contributed by atoms with Gasteiger partial charge in [0.15, 0.2) is 0 Å². The predicted octanol–water partition coefficient (Wildman–Crippen LogP) is -0.343. The van der Waals surface area contributed by atoms with Crippen LogP contribution in [0.5, 0.6) is 0 Å². The molecule has 1 saturated heterocycles. The molecule has 5 nitrogen and oxygen atoms in total. The number of nitrogens with two attached hydrogens (primary N) is 1. The van der Waals surface area contributed by atoms with Gasteiger partial charge in [0.2, 0.25) is 5.91 Å². The summed E-state index contributed by atoms with van der Waals surface area (Å²) in [6.45, 7) is 1.37. The van der Waals surface area contributed by atoms with Gasteiger partial charge in [0.25, 0.3) is 0 Å². The largest absolute Gasteiger partial charge is 0.481 e. The minimum absolute atomic E-state index is 0.00861. The van der Waals surface area contributed by atoms with Crippen molar-refractivity contribution in [2.75, 3.05) is 13.1 Å². The first-order valence-corrected chi connectivity index (χ1v) is 5.36. The summed E-state index contributed by atoms with van der Waals surface area (Å²) in [5.41, 5.74) is 5.73. The van der Waals surface area contributed by atoms with Gasteiger partial charge in [-0.2, -0.15) is 0 Å². The Morgan fingerprint density at radius 2 is 1.80 bits per heavy atom. The maximum Gasteiger partial charge on any atom is 0.307 e. The molecule has 1 aliphatic carbocycles. The van der Waals surface area contributed by atoms with E-state index < -0.39 is 11.9 Å². The van der Waals surface area contributed by atoms with Gasteiger partial charge < -0.3 is 15.7 Å². The molecule has 2 atom stereocenters. The first-order valence-electron chi connectivity index (χ1n) is 5.36. The van der Waals surface area contributed by atoms with Crippen molar-refractivity contribution >= 4 is 11.9 Å². The molecule has 84 valence electrons. The monoisotopic (exact) mass is 212 g/mol. The number of aliphatic carboxylic acids is 1. The number of piperidine rings is 1. The zero-order chi connectivity index (χ0) is 11.0. The van der Waals surface area contributed by atoms with Crippen LogP contribution in [0.25, 0.3) is 0 Å². The molecule has 1 amide bonds. The molecule has 1 heterocycles. The standard InChI is InChI=1S/C10H16N2O3/c11-6-1-3-12(4-2-6)9(13)7-5-8(7)10(14)15/h6-8H,1-5,11H2,(H,14,15). The van der Waals surface area contributed by atoms with E-state index in [1.54, 1.807) is 4.90 Å². The lowest BCUT2D eigenvalue weighted by atomic mass is 10.1. The first-order chi connectivity index (χ1) is 7.09. The molecular weight excluding hydrogens is 196 g/mol. The smallest absolute Gasteiger partial charge is 0.307 e. The van der Waals surface area contributed by atoms with E-state index in [1.807, 2.05) is 0 Å². The van der Waals surface area contributed by atoms with Crippen LogP contribution in [-0.4, -0.2) is 41.0 Å². The Labute approximate surface area is 88.2 Å². The van der Waals surface area contributed by atoms with E-state index in [4.69, 9.17) is 10.8 Å². The van der Waals surface area contributed by atoms with Gasteiger partial charge in [-0.05, 0) is 19.3 Å². The van der Waals surface area contributed by atoms with Gasteiger partial charge in [0.05, 0.1) is 11.8 Å². The Morgan fingerprint density at radius 1 is 1.20 bits per heavy atom. The Hall–Kier alpha value is -1.10. The first kappa shape index (κ1) is 10.4. The summed E-state index contributed by atoms with van der Waals surface area (Å²) in [6.07, 6.45) is 2.17. The quantitative estimate of drug-likeness (QED) is 0.655. The lowest BCUT2D eigenvalue weighted by Gasteiger charge is -2.30. The van der Waals surface area contributed by atoms with Crippen molar-refractivity contribution in [3.05, 3.63) is 0 Å². The van der Waals surface area contributed by atoms with Crippen LogP contribution in [0.1, 0.15) is 19.3 Å². The zero-order valence-corrected chi connectivity index (χ0v) is 8.56. The number of hydrogen-bond donors (Lipinski definition) is 2. The van der Waals surface area contributed by atoms with Crippen molar-refractivity contribution < 1.29 is 14.7 Å². The van der Waals surface area contributed by atoms with Crippen LogP contribution < -0.4 is 5.73 Å². The Balaban J connectivity index is 1.85. The van der Waals surface area contributed by atoms with Crippen molar-refractivity contribution in [1.82, 2.24) is 4.90 Å². The van der Waals surface area contributed by atoms with Crippen LogP contribution >= 0.6 is 0 Å². The number of carbonyl (C=O) groups excluding carboxylic acids is 1. The SMILES string of the molecule is NC1CCN(C(=O)C2CC2C(=O)O)CC1. The molecule has 1 aliphatic heterocycles. The average Bonchev–Trinajstić information content (AvgIpc) is 2.97. The fourth-order valence-corrected chi connectivity index (χ4v) is 2.10. The van der Waals surface area contributed by atoms with E-state index in [9.17, 15) is 9.59 Å². The summed E-state index contributed by atoms with van der Waals surface area (Å²) in [4.78, 5) is 24.2. The molecule has 1 saturated carbocycles. The molecule has 3 N–H and O–H groups in total. The average molecular weight is 212 g/mol. The molecule has 15 heavy (non-hydrogen) atoms. The molecule has 0 bridgehead atoms. The van der Waals surface area contributed by atoms with Crippen LogP contribution in [0.4, 0.5) is 0 Å². The third-order valence-corrected chi connectivity index (χ3v) is 3.28. The number of amides is 1. The van der Waals surface area contributed by atoms with Gasteiger partial charge in [0.1, 0.15) is 0 Å². The fraction of sp³-hybridized carbons (Fsp3) is 0.800. The normalized spacial score (nSPS) is 31.4. The lowest BCUT2D eigenvalue weighted by molar-refractivity contribution is -0.142. The number of carboxylic acid groups (broad SMARTS) is 1. The van der Waals surface area contributed by atoms with Crippen LogP contribution in [0.2, 0.25) is 0 Å². The van der Waals surface area contributed by atoms with Crippen molar-refractivity contribution in [1.29, 1.82) is 0 Å². The predicted molar refractivity (Wildman–Crippen MR) is 53.0 cm³/mol. The molecule has 2 aliphatic rings. The molecular formula is C10H16N2O3. The maximum absolute atomic E-state index is 11.8. The summed E-state index contributed by atoms with van der Waals surface area (Å²) in [6, 6.07) is 0.198. The highest BCUT2D eigenvalue weighted by molar-refractivity contribution is 5.89. The van der Waals surface area contributed by atoms with Crippen LogP contribution in [0.15, 0.2) is 0 Å². The van der Waals surface area contributed by atoms with E-state index in [1.165, 1.54) is 0 Å². The molecule has 0 aromatic carbocycles. The minimum atomic E-state index is -0.845. The van der Waals surface area contributed by atoms with E-state index >= 15 is 0 Å². The van der Waals surface area contributed by atoms with Gasteiger partial charge in [-0.15, -0.1) is 0 Å². The number of carbonyl (C=O) groups is 2. The zero-order valence-electron chi connectivity index (χ0n) is 8.56. The van der Waals surface area contributed by atoms with E-state index in [-0.39, 0.29) is 17.9 Å². The van der Waals surface area contributed by atoms with Gasteiger partial charge in [-0.1, -0.05) is 0 Å². The fourth-order valence-electron chi connectivity index (χ4n) is 2.10. The van der Waals surface area contributed by atoms with E-state index in [0.29, 0.717) is 19.5 Å². The highest BCUT2D eigenvalue weighted by Crippen LogP contribution is 2.40. The van der Waals surface area contributed by atoms with Gasteiger partial charge in [0, 0.05) is 19.1 Å². The van der Waals surface area contributed by atoms with E-state index in [2.05, 4.69) is 0 Å². The second kappa shape index (κ2) is 3.81. The van der Waals surface area contributed by atoms with E-state index in [0.717, 1.165) is 12.8 Å². The molecule has 0 aromatic heterocycles. The van der Waals surface area contributed by atoms with Gasteiger partial charge in [-0.3, -0.25) is 9.59 Å². The third kappa shape index (κ3) is 2.12. The summed E-state index contributed by atoms with van der Waals surface area (Å²) in [7, 11) is 0. The number of likely N-dealkylation sites (tertiary alicyclic amines) is 1. The van der Waals surface area contributed by atoms with Gasteiger partial charge in [-0.25, -0.2) is 0 Å². The van der Waals surface area contributed by atoms with Gasteiger partial charge >= 0.3 is 5.97 Å². The second-order valence-corrected chi connectivity index (χ2v) is 4.45. The summed E-state index contributed by atoms with van der Waals surface area (Å²) >= 11 is 0. The van der Waals surface area contributed by atoms with Crippen molar-refractivity contribution in [3.63, 3.8) is 0 Å². The Morgan fingerprint density at radius 3 is 2.27 bits per heavy atom. The van der Waals surface area contributed by atoms with Crippen LogP contribution in [-0.2, 0) is 9.59 Å². The summed E-state index contributed by atoms with van der Waals surface area (Å²) < 4.78 is 0. The molecule has 2 unspecified atom stereocenters. The van der Waals surface area contributed by atoms with Crippen molar-refractivity contribution in [2.45, 2.75) is 25.3 Å². The lowest BCUT2D eigenvalue weighted by Crippen LogP contribution is -2.43. The Kier molecular flexibility index (Phi) is 2.65. The highest BCUT2D eigenvalue weighted by Gasteiger charge is 2.49. The molecule has 0 aromatic rings. The number of rotatable bonds is 2. The molecule has 2 rings (SSSR count). The highest BCUT2D eigenvalue weighted by atomic mass is 16.4. The number of hydrogen-bond acceptors (Lipinski definition) is 3. The molecule has 2 fully saturated rings. The van der Waals surface area contributed by atoms with Crippen LogP contribution in [0.3, 0.4) is 0 Å². The summed E-state index contributed by atoms with van der Waals surface area (Å²) in [5.74, 6) is -1.54. The van der Waals surface area contributed by atoms with Crippen LogP contribution in [0, 0.1) is 11.8 Å². The molecule has 5 heteroatoms. The summed E-state index contributed by atoms with van der Waals surface area (Å²) in [5, 5.41) is 8.72. The number of carboxylic acids is 1. The number of nitrogens with zero attached hydrogens (tertiary/aromatic N) is 1. The minimum Gasteiger partial charge on any atom is -0.481 e. The van der Waals surface area contributed by atoms with Crippen molar-refractivity contribution in [3.8, 4) is 0 Å². The topological polar surface area (TPSA) is 83.6 Å². The molecule has 0 spiro atoms. The third-order valence-electron chi connectivity index (χ3n) is 3.28. The molecule has 0 radical (unpaired) electrons. The second-order valence-electron chi connectivity index (χ2n) is 4.45. The maximum atomic E-state index is 11.8.